The van der Waals surface area contributed by atoms with Crippen LogP contribution in [-0.2, 0) is 11.2 Å². The van der Waals surface area contributed by atoms with Crippen LogP contribution >= 0.6 is 0 Å². The SMILES string of the molecule is O=C(O)CCCCCCCCCCCCCCCCCCCCCc1ccccc1O. The summed E-state index contributed by atoms with van der Waals surface area (Å²) in [5.41, 5.74) is 1.09. The van der Waals surface area contributed by atoms with Crippen LogP contribution in [-0.4, -0.2) is 16.2 Å². The largest absolute Gasteiger partial charge is 0.508 e. The predicted molar refractivity (Wildman–Crippen MR) is 132 cm³/mol. The van der Waals surface area contributed by atoms with E-state index in [9.17, 15) is 9.90 Å². The number of unbranched alkanes of at least 4 members (excludes halogenated alkanes) is 18. The van der Waals surface area contributed by atoms with E-state index in [-0.39, 0.29) is 0 Å². The van der Waals surface area contributed by atoms with Gasteiger partial charge in [0.25, 0.3) is 0 Å². The molecule has 3 heteroatoms. The smallest absolute Gasteiger partial charge is 0.303 e. The van der Waals surface area contributed by atoms with Gasteiger partial charge in [0.15, 0.2) is 0 Å². The highest BCUT2D eigenvalue weighted by Crippen LogP contribution is 2.19. The van der Waals surface area contributed by atoms with Crippen molar-refractivity contribution in [3.8, 4) is 5.75 Å². The van der Waals surface area contributed by atoms with Gasteiger partial charge in [-0.2, -0.15) is 0 Å². The minimum atomic E-state index is -0.659. The van der Waals surface area contributed by atoms with Gasteiger partial charge in [-0.1, -0.05) is 127 Å². The molecule has 1 rings (SSSR count). The third-order valence-corrected chi connectivity index (χ3v) is 6.33. The minimum absolute atomic E-state index is 0.335. The van der Waals surface area contributed by atoms with E-state index in [0.29, 0.717) is 12.2 Å². The fourth-order valence-electron chi connectivity index (χ4n) is 4.32. The second-order valence-electron chi connectivity index (χ2n) is 9.24. The average molecular weight is 433 g/mol. The average Bonchev–Trinajstić information content (AvgIpc) is 2.75. The lowest BCUT2D eigenvalue weighted by Crippen LogP contribution is -1.93. The second kappa shape index (κ2) is 20.4. The van der Waals surface area contributed by atoms with Crippen molar-refractivity contribution in [1.82, 2.24) is 0 Å². The maximum Gasteiger partial charge on any atom is 0.303 e. The van der Waals surface area contributed by atoms with E-state index >= 15 is 0 Å². The molecule has 0 spiro atoms. The fraction of sp³-hybridized carbons (Fsp3) is 0.750. The molecule has 31 heavy (non-hydrogen) atoms. The number of carboxylic acid groups (broad SMARTS) is 1. The van der Waals surface area contributed by atoms with Gasteiger partial charge in [-0.25, -0.2) is 0 Å². The Bertz CT molecular complexity index is 541. The van der Waals surface area contributed by atoms with E-state index in [4.69, 9.17) is 5.11 Å². The summed E-state index contributed by atoms with van der Waals surface area (Å²) in [7, 11) is 0. The number of phenolic OH excluding ortho intramolecular Hbond substituents is 1. The topological polar surface area (TPSA) is 57.5 Å². The van der Waals surface area contributed by atoms with Gasteiger partial charge in [0, 0.05) is 6.42 Å². The number of benzene rings is 1. The molecule has 1 aromatic carbocycles. The van der Waals surface area contributed by atoms with Crippen molar-refractivity contribution in [2.75, 3.05) is 0 Å². The highest BCUT2D eigenvalue weighted by atomic mass is 16.4. The number of aryl methyl sites for hydroxylation is 1. The summed E-state index contributed by atoms with van der Waals surface area (Å²) < 4.78 is 0. The standard InChI is InChI=1S/C28H48O3/c29-27-24-21-20-23-26(27)22-18-16-14-12-10-8-6-4-2-1-3-5-7-9-11-13-15-17-19-25-28(30)31/h20-21,23-24,29H,1-19,22,25H2,(H,30,31). The van der Waals surface area contributed by atoms with Crippen molar-refractivity contribution in [3.63, 3.8) is 0 Å². The Hall–Kier alpha value is -1.51. The first-order valence-electron chi connectivity index (χ1n) is 13.2. The molecule has 0 radical (unpaired) electrons. The number of carbonyl (C=O) groups is 1. The zero-order valence-electron chi connectivity index (χ0n) is 20.0. The van der Waals surface area contributed by atoms with Crippen molar-refractivity contribution < 1.29 is 15.0 Å². The van der Waals surface area contributed by atoms with Gasteiger partial charge >= 0.3 is 5.97 Å². The monoisotopic (exact) mass is 432 g/mol. The fourth-order valence-corrected chi connectivity index (χ4v) is 4.32. The third kappa shape index (κ3) is 17.8. The number of rotatable bonds is 22. The molecule has 0 saturated carbocycles. The van der Waals surface area contributed by atoms with Crippen LogP contribution in [0.1, 0.15) is 134 Å². The Morgan fingerprint density at radius 3 is 1.29 bits per heavy atom. The lowest BCUT2D eigenvalue weighted by Gasteiger charge is -2.05. The summed E-state index contributed by atoms with van der Waals surface area (Å²) >= 11 is 0. The number of aliphatic carboxylic acids is 1. The number of carboxylic acids is 1. The van der Waals surface area contributed by atoms with Crippen LogP contribution in [0.4, 0.5) is 0 Å². The van der Waals surface area contributed by atoms with Gasteiger partial charge in [-0.05, 0) is 30.9 Å². The van der Waals surface area contributed by atoms with Crippen LogP contribution in [0, 0.1) is 0 Å². The zero-order valence-corrected chi connectivity index (χ0v) is 20.0. The highest BCUT2D eigenvalue weighted by molar-refractivity contribution is 5.66. The molecule has 0 aromatic heterocycles. The molecule has 2 N–H and O–H groups in total. The van der Waals surface area contributed by atoms with Gasteiger partial charge < -0.3 is 10.2 Å². The van der Waals surface area contributed by atoms with E-state index in [1.807, 2.05) is 18.2 Å². The van der Waals surface area contributed by atoms with Gasteiger partial charge in [-0.15, -0.1) is 0 Å². The first kappa shape index (κ1) is 27.5. The van der Waals surface area contributed by atoms with Crippen LogP contribution in [0.2, 0.25) is 0 Å². The maximum absolute atomic E-state index is 10.4. The number of hydrogen-bond acceptors (Lipinski definition) is 2. The zero-order chi connectivity index (χ0) is 22.4. The summed E-state index contributed by atoms with van der Waals surface area (Å²) in [6, 6.07) is 7.71. The van der Waals surface area contributed by atoms with Gasteiger partial charge in [0.1, 0.15) is 5.75 Å². The highest BCUT2D eigenvalue weighted by Gasteiger charge is 2.00. The number of hydrogen-bond donors (Lipinski definition) is 2. The molecule has 178 valence electrons. The predicted octanol–water partition coefficient (Wildman–Crippen LogP) is 8.82. The quantitative estimate of drug-likeness (QED) is 0.180. The Balaban J connectivity index is 1.70. The van der Waals surface area contributed by atoms with E-state index in [1.165, 1.54) is 109 Å². The molecular formula is C28H48O3. The first-order valence-corrected chi connectivity index (χ1v) is 13.2. The normalized spacial score (nSPS) is 11.1. The van der Waals surface area contributed by atoms with Crippen LogP contribution in [0.25, 0.3) is 0 Å². The molecule has 3 nitrogen and oxygen atoms in total. The molecule has 0 aliphatic heterocycles. The van der Waals surface area contributed by atoms with Crippen molar-refractivity contribution >= 4 is 5.97 Å². The lowest BCUT2D eigenvalue weighted by molar-refractivity contribution is -0.137. The molecule has 0 aliphatic carbocycles. The van der Waals surface area contributed by atoms with E-state index in [0.717, 1.165) is 24.8 Å². The van der Waals surface area contributed by atoms with Crippen LogP contribution in [0.15, 0.2) is 24.3 Å². The Labute approximate surface area is 191 Å². The molecule has 0 bridgehead atoms. The van der Waals surface area contributed by atoms with Gasteiger partial charge in [-0.3, -0.25) is 4.79 Å². The van der Waals surface area contributed by atoms with Crippen molar-refractivity contribution in [1.29, 1.82) is 0 Å². The minimum Gasteiger partial charge on any atom is -0.508 e. The third-order valence-electron chi connectivity index (χ3n) is 6.33. The van der Waals surface area contributed by atoms with Gasteiger partial charge in [0.05, 0.1) is 0 Å². The molecule has 0 saturated heterocycles. The number of para-hydroxylation sites is 1. The number of phenols is 1. The van der Waals surface area contributed by atoms with Crippen molar-refractivity contribution in [3.05, 3.63) is 29.8 Å². The number of aromatic hydroxyl groups is 1. The Kier molecular flexibility index (Phi) is 18.1. The van der Waals surface area contributed by atoms with Crippen molar-refractivity contribution in [2.45, 2.75) is 135 Å². The molecule has 0 heterocycles. The lowest BCUT2D eigenvalue weighted by atomic mass is 10.0. The first-order chi connectivity index (χ1) is 15.2. The molecule has 0 unspecified atom stereocenters. The Morgan fingerprint density at radius 2 is 0.903 bits per heavy atom. The molecule has 0 amide bonds. The van der Waals surface area contributed by atoms with Gasteiger partial charge in [0.2, 0.25) is 0 Å². The summed E-state index contributed by atoms with van der Waals surface area (Å²) in [5, 5.41) is 18.4. The second-order valence-corrected chi connectivity index (χ2v) is 9.24. The van der Waals surface area contributed by atoms with Crippen LogP contribution in [0.5, 0.6) is 5.75 Å². The molecule has 0 aliphatic rings. The molecule has 0 atom stereocenters. The van der Waals surface area contributed by atoms with Crippen LogP contribution in [0.3, 0.4) is 0 Å². The molecular weight excluding hydrogens is 384 g/mol. The summed E-state index contributed by atoms with van der Waals surface area (Å²) in [6.45, 7) is 0. The molecule has 0 fully saturated rings. The summed E-state index contributed by atoms with van der Waals surface area (Å²) in [5.74, 6) is -0.211. The maximum atomic E-state index is 10.4. The summed E-state index contributed by atoms with van der Waals surface area (Å²) in [4.78, 5) is 10.4. The van der Waals surface area contributed by atoms with E-state index < -0.39 is 5.97 Å². The van der Waals surface area contributed by atoms with E-state index in [2.05, 4.69) is 0 Å². The summed E-state index contributed by atoms with van der Waals surface area (Å²) in [6.07, 6.45) is 26.1. The van der Waals surface area contributed by atoms with E-state index in [1.54, 1.807) is 6.07 Å². The Morgan fingerprint density at radius 1 is 0.548 bits per heavy atom. The van der Waals surface area contributed by atoms with Crippen LogP contribution < -0.4 is 0 Å². The molecule has 1 aromatic rings. The van der Waals surface area contributed by atoms with Crippen molar-refractivity contribution in [2.24, 2.45) is 0 Å².